The summed E-state index contributed by atoms with van der Waals surface area (Å²) in [7, 11) is 0. The second-order valence-electron chi connectivity index (χ2n) is 5.48. The molecule has 1 N–H and O–H groups in total. The van der Waals surface area contributed by atoms with Crippen LogP contribution < -0.4 is 10.2 Å². The monoisotopic (exact) mass is 328 g/mol. The number of benzene rings is 2. The SMILES string of the molecule is CCC(C)c1ccc(OCC(=O)N/N=C/c2ccccc2F)cc1. The quantitative estimate of drug-likeness (QED) is 0.619. The van der Waals surface area contributed by atoms with Gasteiger partial charge in [-0.3, -0.25) is 4.79 Å². The topological polar surface area (TPSA) is 50.7 Å². The van der Waals surface area contributed by atoms with Crippen LogP contribution in [0.3, 0.4) is 0 Å². The van der Waals surface area contributed by atoms with Crippen LogP contribution in [0.2, 0.25) is 0 Å². The minimum absolute atomic E-state index is 0.155. The normalized spacial score (nSPS) is 12.1. The zero-order valence-electron chi connectivity index (χ0n) is 13.8. The van der Waals surface area contributed by atoms with E-state index in [-0.39, 0.29) is 6.61 Å². The van der Waals surface area contributed by atoms with Gasteiger partial charge in [-0.1, -0.05) is 44.2 Å². The molecular formula is C19H21FN2O2. The summed E-state index contributed by atoms with van der Waals surface area (Å²) >= 11 is 0. The van der Waals surface area contributed by atoms with E-state index in [4.69, 9.17) is 4.74 Å². The fraction of sp³-hybridized carbons (Fsp3) is 0.263. The molecule has 0 saturated heterocycles. The van der Waals surface area contributed by atoms with Crippen molar-refractivity contribution < 1.29 is 13.9 Å². The van der Waals surface area contributed by atoms with Gasteiger partial charge in [-0.15, -0.1) is 0 Å². The van der Waals surface area contributed by atoms with Gasteiger partial charge in [-0.2, -0.15) is 5.10 Å². The van der Waals surface area contributed by atoms with E-state index in [1.807, 2.05) is 24.3 Å². The molecule has 0 bridgehead atoms. The Labute approximate surface area is 141 Å². The number of amides is 1. The van der Waals surface area contributed by atoms with Gasteiger partial charge in [0, 0.05) is 5.56 Å². The van der Waals surface area contributed by atoms with E-state index in [1.165, 1.54) is 17.8 Å². The Morgan fingerprint density at radius 1 is 1.25 bits per heavy atom. The molecule has 1 atom stereocenters. The maximum Gasteiger partial charge on any atom is 0.277 e. The molecule has 1 unspecified atom stereocenters. The van der Waals surface area contributed by atoms with Crippen LogP contribution in [0.4, 0.5) is 4.39 Å². The number of carbonyl (C=O) groups excluding carboxylic acids is 1. The van der Waals surface area contributed by atoms with E-state index >= 15 is 0 Å². The van der Waals surface area contributed by atoms with Crippen LogP contribution in [-0.2, 0) is 4.79 Å². The Balaban J connectivity index is 1.80. The van der Waals surface area contributed by atoms with Crippen molar-refractivity contribution in [2.24, 2.45) is 5.10 Å². The number of nitrogens with one attached hydrogen (secondary N) is 1. The largest absolute Gasteiger partial charge is 0.484 e. The fourth-order valence-electron chi connectivity index (χ4n) is 2.06. The molecule has 0 fully saturated rings. The maximum absolute atomic E-state index is 13.4. The van der Waals surface area contributed by atoms with E-state index in [1.54, 1.807) is 18.2 Å². The predicted octanol–water partition coefficient (Wildman–Crippen LogP) is 3.87. The highest BCUT2D eigenvalue weighted by atomic mass is 19.1. The molecule has 0 aliphatic rings. The highest BCUT2D eigenvalue weighted by molar-refractivity contribution is 5.83. The molecule has 0 aliphatic carbocycles. The molecule has 2 aromatic rings. The first-order valence-corrected chi connectivity index (χ1v) is 7.89. The third-order valence-corrected chi connectivity index (χ3v) is 3.73. The molecular weight excluding hydrogens is 307 g/mol. The number of halogens is 1. The molecule has 2 rings (SSSR count). The van der Waals surface area contributed by atoms with Crippen LogP contribution in [0.1, 0.15) is 37.3 Å². The summed E-state index contributed by atoms with van der Waals surface area (Å²) in [5, 5.41) is 3.72. The molecule has 0 spiro atoms. The second-order valence-corrected chi connectivity index (χ2v) is 5.48. The number of hydrogen-bond acceptors (Lipinski definition) is 3. The van der Waals surface area contributed by atoms with Gasteiger partial charge in [0.05, 0.1) is 6.21 Å². The second kappa shape index (κ2) is 8.82. The van der Waals surface area contributed by atoms with Gasteiger partial charge in [0.1, 0.15) is 11.6 Å². The average molecular weight is 328 g/mol. The summed E-state index contributed by atoms with van der Waals surface area (Å²) in [6.07, 6.45) is 2.33. The van der Waals surface area contributed by atoms with E-state index in [0.717, 1.165) is 6.42 Å². The minimum Gasteiger partial charge on any atom is -0.484 e. The summed E-state index contributed by atoms with van der Waals surface area (Å²) in [5.74, 6) is 0.312. The van der Waals surface area contributed by atoms with Gasteiger partial charge in [0.25, 0.3) is 5.91 Å². The Morgan fingerprint density at radius 2 is 1.96 bits per heavy atom. The lowest BCUT2D eigenvalue weighted by Crippen LogP contribution is -2.24. The van der Waals surface area contributed by atoms with Gasteiger partial charge in [-0.05, 0) is 36.1 Å². The third-order valence-electron chi connectivity index (χ3n) is 3.73. The highest BCUT2D eigenvalue weighted by Crippen LogP contribution is 2.21. The van der Waals surface area contributed by atoms with Crippen LogP contribution in [0.5, 0.6) is 5.75 Å². The van der Waals surface area contributed by atoms with Crippen molar-refractivity contribution in [3.05, 3.63) is 65.5 Å². The molecule has 0 radical (unpaired) electrons. The molecule has 0 saturated carbocycles. The van der Waals surface area contributed by atoms with Crippen LogP contribution >= 0.6 is 0 Å². The number of rotatable bonds is 7. The van der Waals surface area contributed by atoms with Gasteiger partial charge in [0.15, 0.2) is 6.61 Å². The van der Waals surface area contributed by atoms with Crippen molar-refractivity contribution in [2.75, 3.05) is 6.61 Å². The lowest BCUT2D eigenvalue weighted by Gasteiger charge is -2.10. The van der Waals surface area contributed by atoms with E-state index < -0.39 is 11.7 Å². The first-order chi connectivity index (χ1) is 11.6. The molecule has 5 heteroatoms. The fourth-order valence-corrected chi connectivity index (χ4v) is 2.06. The number of hydrazone groups is 1. The standard InChI is InChI=1S/C19H21FN2O2/c1-3-14(2)15-8-10-17(11-9-15)24-13-19(23)22-21-12-16-6-4-5-7-18(16)20/h4-12,14H,3,13H2,1-2H3,(H,22,23)/b21-12+. The van der Waals surface area contributed by atoms with Crippen LogP contribution in [-0.4, -0.2) is 18.7 Å². The van der Waals surface area contributed by atoms with Gasteiger partial charge in [0.2, 0.25) is 0 Å². The number of carbonyl (C=O) groups is 1. The van der Waals surface area contributed by atoms with Crippen molar-refractivity contribution in [3.8, 4) is 5.75 Å². The molecule has 0 aromatic heterocycles. The highest BCUT2D eigenvalue weighted by Gasteiger charge is 2.05. The third kappa shape index (κ3) is 5.19. The minimum atomic E-state index is -0.409. The smallest absolute Gasteiger partial charge is 0.277 e. The van der Waals surface area contributed by atoms with Gasteiger partial charge in [-0.25, -0.2) is 9.82 Å². The summed E-state index contributed by atoms with van der Waals surface area (Å²) in [5.41, 5.74) is 3.85. The Kier molecular flexibility index (Phi) is 6.49. The van der Waals surface area contributed by atoms with Crippen molar-refractivity contribution in [3.63, 3.8) is 0 Å². The van der Waals surface area contributed by atoms with Crippen molar-refractivity contribution >= 4 is 12.1 Å². The van der Waals surface area contributed by atoms with E-state index in [2.05, 4.69) is 24.4 Å². The number of nitrogens with zero attached hydrogens (tertiary/aromatic N) is 1. The van der Waals surface area contributed by atoms with E-state index in [9.17, 15) is 9.18 Å². The number of hydrogen-bond donors (Lipinski definition) is 1. The zero-order chi connectivity index (χ0) is 17.4. The van der Waals surface area contributed by atoms with Gasteiger partial charge < -0.3 is 4.74 Å². The molecule has 0 aliphatic heterocycles. The summed E-state index contributed by atoms with van der Waals surface area (Å²) in [4.78, 5) is 11.7. The van der Waals surface area contributed by atoms with Crippen LogP contribution in [0.25, 0.3) is 0 Å². The lowest BCUT2D eigenvalue weighted by atomic mass is 9.99. The maximum atomic E-state index is 13.4. The molecule has 4 nitrogen and oxygen atoms in total. The van der Waals surface area contributed by atoms with Crippen molar-refractivity contribution in [2.45, 2.75) is 26.2 Å². The Bertz CT molecular complexity index is 699. The first kappa shape index (κ1) is 17.7. The zero-order valence-corrected chi connectivity index (χ0v) is 13.8. The summed E-state index contributed by atoms with van der Waals surface area (Å²) in [6, 6.07) is 13.9. The average Bonchev–Trinajstić information content (AvgIpc) is 2.61. The predicted molar refractivity (Wildman–Crippen MR) is 92.8 cm³/mol. The number of ether oxygens (including phenoxy) is 1. The summed E-state index contributed by atoms with van der Waals surface area (Å²) in [6.45, 7) is 4.15. The molecule has 2 aromatic carbocycles. The molecule has 126 valence electrons. The van der Waals surface area contributed by atoms with Crippen molar-refractivity contribution in [1.29, 1.82) is 0 Å². The summed E-state index contributed by atoms with van der Waals surface area (Å²) < 4.78 is 18.8. The molecule has 1 amide bonds. The van der Waals surface area contributed by atoms with Crippen LogP contribution in [0, 0.1) is 5.82 Å². The van der Waals surface area contributed by atoms with Crippen molar-refractivity contribution in [1.82, 2.24) is 5.43 Å². The van der Waals surface area contributed by atoms with Gasteiger partial charge >= 0.3 is 0 Å². The van der Waals surface area contributed by atoms with Crippen LogP contribution in [0.15, 0.2) is 53.6 Å². The molecule has 24 heavy (non-hydrogen) atoms. The molecule has 0 heterocycles. The Morgan fingerprint density at radius 3 is 2.62 bits per heavy atom. The van der Waals surface area contributed by atoms with E-state index in [0.29, 0.717) is 17.2 Å². The first-order valence-electron chi connectivity index (χ1n) is 7.89. The lowest BCUT2D eigenvalue weighted by molar-refractivity contribution is -0.123. The Hall–Kier alpha value is -2.69.